The number of amides is 1. The second kappa shape index (κ2) is 44.8. The first-order chi connectivity index (χ1) is 28.3. The Hall–Kier alpha value is -1.77. The van der Waals surface area contributed by atoms with Gasteiger partial charge in [-0.05, 0) is 64.2 Å². The molecule has 0 aromatic carbocycles. The molecular weight excluding hydrogens is 750 g/mol. The summed E-state index contributed by atoms with van der Waals surface area (Å²) in [5.41, 5.74) is 0. The molecule has 0 saturated heterocycles. The molecule has 58 heavy (non-hydrogen) atoms. The lowest BCUT2D eigenvalue weighted by Crippen LogP contribution is -2.27. The van der Waals surface area contributed by atoms with Crippen LogP contribution in [-0.2, 0) is 27.9 Å². The molecule has 0 rings (SSSR count). The van der Waals surface area contributed by atoms with E-state index in [9.17, 15) is 24.2 Å². The summed E-state index contributed by atoms with van der Waals surface area (Å²) in [6.45, 7) is 3.51. The van der Waals surface area contributed by atoms with E-state index in [0.29, 0.717) is 6.42 Å². The minimum absolute atomic E-state index is 0.0811. The van der Waals surface area contributed by atoms with E-state index in [4.69, 9.17) is 13.8 Å². The summed E-state index contributed by atoms with van der Waals surface area (Å²) in [4.78, 5) is 34.0. The number of allylic oxidation sites excluding steroid dienone is 6. The van der Waals surface area contributed by atoms with Crippen LogP contribution in [0.25, 0.3) is 0 Å². The number of phosphoric ester groups is 1. The van der Waals surface area contributed by atoms with Gasteiger partial charge in [-0.1, -0.05) is 185 Å². The third kappa shape index (κ3) is 45.3. The zero-order valence-electron chi connectivity index (χ0n) is 37.5. The first-order valence-electron chi connectivity index (χ1n) is 24.0. The van der Waals surface area contributed by atoms with Crippen LogP contribution >= 0.6 is 7.82 Å². The third-order valence-electron chi connectivity index (χ3n) is 10.3. The van der Waals surface area contributed by atoms with Crippen molar-refractivity contribution < 1.29 is 37.9 Å². The number of carbonyl (C=O) groups excluding carboxylic acids is 2. The normalized spacial score (nSPS) is 13.5. The molecule has 3 N–H and O–H groups in total. The lowest BCUT2D eigenvalue weighted by molar-refractivity contribution is -0.147. The summed E-state index contributed by atoms with van der Waals surface area (Å²) in [7, 11) is -4.42. The Balaban J connectivity index is 3.55. The monoisotopic (exact) mass is 840 g/mol. The zero-order chi connectivity index (χ0) is 42.5. The summed E-state index contributed by atoms with van der Waals surface area (Å²) in [6.07, 6.45) is 50.8. The van der Waals surface area contributed by atoms with Gasteiger partial charge in [0.1, 0.15) is 12.7 Å². The van der Waals surface area contributed by atoms with Crippen molar-refractivity contribution >= 4 is 19.7 Å². The number of carbonyl (C=O) groups is 2. The van der Waals surface area contributed by atoms with Gasteiger partial charge in [0, 0.05) is 19.4 Å². The maximum absolute atomic E-state index is 12.1. The van der Waals surface area contributed by atoms with E-state index < -0.39 is 26.5 Å². The SMILES string of the molecule is CCCC/C=C\C/C=C\CCCCCCCC(=O)OCC(O)COP(=O)(O)OCCNC(=O)CCCCCCCCCCCCCCC/C=C/CCCCCCCC. The Morgan fingerprint density at radius 3 is 1.45 bits per heavy atom. The molecule has 0 aliphatic heterocycles. The Morgan fingerprint density at radius 2 is 0.948 bits per heavy atom. The second-order valence-electron chi connectivity index (χ2n) is 16.1. The van der Waals surface area contributed by atoms with Crippen molar-refractivity contribution in [2.75, 3.05) is 26.4 Å². The molecule has 0 aromatic rings. The zero-order valence-corrected chi connectivity index (χ0v) is 38.4. The molecule has 340 valence electrons. The fourth-order valence-corrected chi connectivity index (χ4v) is 7.38. The number of aliphatic hydroxyl groups is 1. The van der Waals surface area contributed by atoms with Crippen LogP contribution in [0.5, 0.6) is 0 Å². The van der Waals surface area contributed by atoms with Crippen LogP contribution in [-0.4, -0.2) is 54.3 Å². The molecule has 0 aromatic heterocycles. The molecule has 0 fully saturated rings. The molecule has 1 amide bonds. The Kier molecular flexibility index (Phi) is 43.4. The van der Waals surface area contributed by atoms with E-state index in [1.807, 2.05) is 0 Å². The predicted molar refractivity (Wildman–Crippen MR) is 243 cm³/mol. The van der Waals surface area contributed by atoms with Crippen LogP contribution < -0.4 is 5.32 Å². The van der Waals surface area contributed by atoms with E-state index in [2.05, 4.69) is 55.6 Å². The van der Waals surface area contributed by atoms with Crippen LogP contribution in [0.15, 0.2) is 36.5 Å². The van der Waals surface area contributed by atoms with Crippen LogP contribution in [0.3, 0.4) is 0 Å². The maximum atomic E-state index is 12.1. The topological polar surface area (TPSA) is 131 Å². The lowest BCUT2D eigenvalue weighted by atomic mass is 10.0. The van der Waals surface area contributed by atoms with Gasteiger partial charge in [-0.25, -0.2) is 4.57 Å². The van der Waals surface area contributed by atoms with Crippen molar-refractivity contribution in [2.45, 2.75) is 232 Å². The summed E-state index contributed by atoms with van der Waals surface area (Å²) in [5, 5.41) is 12.7. The number of rotatable bonds is 45. The van der Waals surface area contributed by atoms with Crippen molar-refractivity contribution in [1.29, 1.82) is 0 Å². The van der Waals surface area contributed by atoms with Gasteiger partial charge in [-0.3, -0.25) is 18.6 Å². The van der Waals surface area contributed by atoms with Crippen molar-refractivity contribution in [3.8, 4) is 0 Å². The third-order valence-corrected chi connectivity index (χ3v) is 11.3. The van der Waals surface area contributed by atoms with E-state index in [1.165, 1.54) is 128 Å². The van der Waals surface area contributed by atoms with Gasteiger partial charge in [0.15, 0.2) is 0 Å². The highest BCUT2D eigenvalue weighted by atomic mass is 31.2. The van der Waals surface area contributed by atoms with Crippen molar-refractivity contribution in [3.63, 3.8) is 0 Å². The molecule has 10 heteroatoms. The first-order valence-corrected chi connectivity index (χ1v) is 25.5. The van der Waals surface area contributed by atoms with Gasteiger partial charge >= 0.3 is 13.8 Å². The smallest absolute Gasteiger partial charge is 0.463 e. The van der Waals surface area contributed by atoms with E-state index in [0.717, 1.165) is 70.6 Å². The summed E-state index contributed by atoms with van der Waals surface area (Å²) in [6, 6.07) is 0. The molecule has 0 aliphatic carbocycles. The molecule has 2 unspecified atom stereocenters. The molecule has 0 heterocycles. The van der Waals surface area contributed by atoms with Gasteiger partial charge in [-0.2, -0.15) is 0 Å². The fourth-order valence-electron chi connectivity index (χ4n) is 6.63. The number of ether oxygens (including phenoxy) is 1. The number of aliphatic hydroxyl groups excluding tert-OH is 1. The molecule has 0 saturated carbocycles. The molecule has 9 nitrogen and oxygen atoms in total. The van der Waals surface area contributed by atoms with Gasteiger partial charge in [-0.15, -0.1) is 0 Å². The van der Waals surface area contributed by atoms with Crippen LogP contribution in [0.4, 0.5) is 0 Å². The van der Waals surface area contributed by atoms with E-state index in [1.54, 1.807) is 0 Å². The minimum Gasteiger partial charge on any atom is -0.463 e. The average molecular weight is 840 g/mol. The molecule has 0 bridgehead atoms. The highest BCUT2D eigenvalue weighted by Gasteiger charge is 2.23. The molecular formula is C48H90NO8P. The lowest BCUT2D eigenvalue weighted by Gasteiger charge is -2.15. The van der Waals surface area contributed by atoms with Crippen molar-refractivity contribution in [1.82, 2.24) is 5.32 Å². The molecule has 0 spiro atoms. The highest BCUT2D eigenvalue weighted by molar-refractivity contribution is 7.47. The Labute approximate surface area is 356 Å². The van der Waals surface area contributed by atoms with Gasteiger partial charge < -0.3 is 20.1 Å². The molecule has 2 atom stereocenters. The van der Waals surface area contributed by atoms with Gasteiger partial charge in [0.05, 0.1) is 13.2 Å². The number of hydrogen-bond donors (Lipinski definition) is 3. The number of nitrogens with one attached hydrogen (secondary N) is 1. The Bertz CT molecular complexity index is 1050. The van der Waals surface area contributed by atoms with Crippen molar-refractivity contribution in [3.05, 3.63) is 36.5 Å². The largest absolute Gasteiger partial charge is 0.472 e. The molecule has 0 radical (unpaired) electrons. The van der Waals surface area contributed by atoms with Gasteiger partial charge in [0.2, 0.25) is 5.91 Å². The predicted octanol–water partition coefficient (Wildman–Crippen LogP) is 13.7. The van der Waals surface area contributed by atoms with Crippen LogP contribution in [0.2, 0.25) is 0 Å². The second-order valence-corrected chi connectivity index (χ2v) is 17.5. The standard InChI is InChI=1S/C48H90NO8P/c1-3-5-7-9-11-13-15-17-19-20-21-22-23-24-25-26-27-28-30-32-34-36-38-40-47(51)49-42-43-56-58(53,54)57-45-46(50)44-55-48(52)41-39-37-35-33-31-29-18-16-14-12-10-8-6-4-2/h10,12,16-19,46,50H,3-9,11,13-15,20-45H2,1-2H3,(H,49,51)(H,53,54)/b12-10-,18-16-,19-17+. The van der Waals surface area contributed by atoms with Crippen LogP contribution in [0.1, 0.15) is 226 Å². The summed E-state index contributed by atoms with van der Waals surface area (Å²) < 4.78 is 26.9. The van der Waals surface area contributed by atoms with Gasteiger partial charge in [0.25, 0.3) is 0 Å². The maximum Gasteiger partial charge on any atom is 0.472 e. The van der Waals surface area contributed by atoms with E-state index >= 15 is 0 Å². The number of unbranched alkanes of at least 4 members (excludes halogenated alkanes) is 26. The fraction of sp³-hybridized carbons (Fsp3) is 0.833. The number of phosphoric acid groups is 1. The highest BCUT2D eigenvalue weighted by Crippen LogP contribution is 2.42. The first kappa shape index (κ1) is 56.2. The number of esters is 1. The summed E-state index contributed by atoms with van der Waals surface area (Å²) >= 11 is 0. The quantitative estimate of drug-likeness (QED) is 0.0239. The van der Waals surface area contributed by atoms with E-state index in [-0.39, 0.29) is 32.1 Å². The minimum atomic E-state index is -4.42. The van der Waals surface area contributed by atoms with Crippen LogP contribution in [0, 0.1) is 0 Å². The summed E-state index contributed by atoms with van der Waals surface area (Å²) in [5.74, 6) is -0.526. The number of hydrogen-bond acceptors (Lipinski definition) is 7. The van der Waals surface area contributed by atoms with Crippen molar-refractivity contribution in [2.24, 2.45) is 0 Å². The average Bonchev–Trinajstić information content (AvgIpc) is 3.21. The molecule has 0 aliphatic rings. The Morgan fingerprint density at radius 1 is 0.534 bits per heavy atom.